The Morgan fingerprint density at radius 3 is 2.52 bits per heavy atom. The Hall–Kier alpha value is -2.84. The van der Waals surface area contributed by atoms with E-state index in [0.717, 1.165) is 5.56 Å². The SMILES string of the molecule is C=CCNS(=O)(=O)c1cccc(C(=O)NCc2ccc(OC)c(OC)c2)c1. The largest absolute Gasteiger partial charge is 0.493 e. The van der Waals surface area contributed by atoms with Gasteiger partial charge in [-0.1, -0.05) is 18.2 Å². The lowest BCUT2D eigenvalue weighted by molar-refractivity contribution is 0.0950. The van der Waals surface area contributed by atoms with Gasteiger partial charge in [0.2, 0.25) is 10.0 Å². The van der Waals surface area contributed by atoms with E-state index < -0.39 is 10.0 Å². The minimum Gasteiger partial charge on any atom is -0.493 e. The summed E-state index contributed by atoms with van der Waals surface area (Å²) in [4.78, 5) is 12.4. The van der Waals surface area contributed by atoms with Crippen LogP contribution in [0.15, 0.2) is 60.0 Å². The van der Waals surface area contributed by atoms with Crippen LogP contribution in [0.2, 0.25) is 0 Å². The molecule has 0 heterocycles. The minimum atomic E-state index is -3.69. The minimum absolute atomic E-state index is 0.0168. The van der Waals surface area contributed by atoms with Crippen molar-refractivity contribution in [3.63, 3.8) is 0 Å². The summed E-state index contributed by atoms with van der Waals surface area (Å²) in [6, 6.07) is 11.1. The third-order valence-corrected chi connectivity index (χ3v) is 5.15. The third kappa shape index (κ3) is 5.32. The van der Waals surface area contributed by atoms with Gasteiger partial charge in [0.1, 0.15) is 0 Å². The smallest absolute Gasteiger partial charge is 0.251 e. The van der Waals surface area contributed by atoms with Crippen molar-refractivity contribution in [2.45, 2.75) is 11.4 Å². The van der Waals surface area contributed by atoms with E-state index in [4.69, 9.17) is 9.47 Å². The van der Waals surface area contributed by atoms with Crippen LogP contribution in [0, 0.1) is 0 Å². The van der Waals surface area contributed by atoms with Crippen LogP contribution in [0.4, 0.5) is 0 Å². The zero-order valence-electron chi connectivity index (χ0n) is 15.2. The van der Waals surface area contributed by atoms with Crippen LogP contribution in [0.5, 0.6) is 11.5 Å². The first-order chi connectivity index (χ1) is 12.9. The number of ether oxygens (including phenoxy) is 2. The van der Waals surface area contributed by atoms with Crippen molar-refractivity contribution in [1.29, 1.82) is 0 Å². The molecule has 0 bridgehead atoms. The molecule has 0 saturated carbocycles. The van der Waals surface area contributed by atoms with Gasteiger partial charge in [-0.25, -0.2) is 13.1 Å². The lowest BCUT2D eigenvalue weighted by atomic mass is 10.1. The molecule has 0 unspecified atom stereocenters. The summed E-state index contributed by atoms with van der Waals surface area (Å²) in [6.45, 7) is 3.84. The van der Waals surface area contributed by atoms with Crippen LogP contribution in [-0.4, -0.2) is 35.1 Å². The standard InChI is InChI=1S/C19H22N2O5S/c1-4-10-21-27(23,24)16-7-5-6-15(12-16)19(22)20-13-14-8-9-17(25-2)18(11-14)26-3/h4-9,11-12,21H,1,10,13H2,2-3H3,(H,20,22). The topological polar surface area (TPSA) is 93.7 Å². The van der Waals surface area contributed by atoms with E-state index in [-0.39, 0.29) is 29.5 Å². The van der Waals surface area contributed by atoms with Crippen LogP contribution in [0.3, 0.4) is 0 Å². The Bertz CT molecular complexity index is 925. The van der Waals surface area contributed by atoms with E-state index in [1.165, 1.54) is 31.4 Å². The fourth-order valence-corrected chi connectivity index (χ4v) is 3.38. The average Bonchev–Trinajstić information content (AvgIpc) is 2.70. The van der Waals surface area contributed by atoms with Crippen molar-refractivity contribution >= 4 is 15.9 Å². The van der Waals surface area contributed by atoms with E-state index >= 15 is 0 Å². The van der Waals surface area contributed by atoms with Gasteiger partial charge in [-0.15, -0.1) is 6.58 Å². The molecule has 0 aliphatic rings. The third-order valence-electron chi connectivity index (χ3n) is 3.73. The molecule has 0 fully saturated rings. The lowest BCUT2D eigenvalue weighted by Gasteiger charge is -2.11. The summed E-state index contributed by atoms with van der Waals surface area (Å²) < 4.78 is 37.1. The molecule has 2 aromatic rings. The first kappa shape index (κ1) is 20.5. The molecule has 1 amide bonds. The Morgan fingerprint density at radius 1 is 1.11 bits per heavy atom. The zero-order valence-corrected chi connectivity index (χ0v) is 16.0. The van der Waals surface area contributed by atoms with E-state index in [2.05, 4.69) is 16.6 Å². The van der Waals surface area contributed by atoms with E-state index in [9.17, 15) is 13.2 Å². The molecule has 2 aromatic carbocycles. The van der Waals surface area contributed by atoms with Crippen LogP contribution in [0.1, 0.15) is 15.9 Å². The van der Waals surface area contributed by atoms with Gasteiger partial charge in [0.05, 0.1) is 19.1 Å². The molecule has 2 N–H and O–H groups in total. The highest BCUT2D eigenvalue weighted by Gasteiger charge is 2.15. The molecule has 2 rings (SSSR count). The van der Waals surface area contributed by atoms with E-state index in [1.54, 1.807) is 25.3 Å². The maximum absolute atomic E-state index is 12.4. The van der Waals surface area contributed by atoms with Gasteiger partial charge in [-0.2, -0.15) is 0 Å². The molecule has 27 heavy (non-hydrogen) atoms. The molecule has 8 heteroatoms. The zero-order chi connectivity index (χ0) is 19.9. The quantitative estimate of drug-likeness (QED) is 0.640. The number of nitrogens with one attached hydrogen (secondary N) is 2. The maximum atomic E-state index is 12.4. The number of methoxy groups -OCH3 is 2. The highest BCUT2D eigenvalue weighted by Crippen LogP contribution is 2.27. The fraction of sp³-hybridized carbons (Fsp3) is 0.211. The summed E-state index contributed by atoms with van der Waals surface area (Å²) in [5.41, 5.74) is 1.06. The van der Waals surface area contributed by atoms with Crippen molar-refractivity contribution < 1.29 is 22.7 Å². The first-order valence-corrected chi connectivity index (χ1v) is 9.59. The molecule has 144 valence electrons. The molecular weight excluding hydrogens is 368 g/mol. The monoisotopic (exact) mass is 390 g/mol. The van der Waals surface area contributed by atoms with Crippen LogP contribution in [0.25, 0.3) is 0 Å². The van der Waals surface area contributed by atoms with Crippen LogP contribution in [-0.2, 0) is 16.6 Å². The van der Waals surface area contributed by atoms with Crippen molar-refractivity contribution in [2.75, 3.05) is 20.8 Å². The molecule has 0 atom stereocenters. The Kier molecular flexibility index (Phi) is 6.98. The highest BCUT2D eigenvalue weighted by molar-refractivity contribution is 7.89. The summed E-state index contributed by atoms with van der Waals surface area (Å²) in [7, 11) is -0.614. The van der Waals surface area contributed by atoms with Crippen molar-refractivity contribution in [3.8, 4) is 11.5 Å². The van der Waals surface area contributed by atoms with Gasteiger partial charge < -0.3 is 14.8 Å². The number of carbonyl (C=O) groups is 1. The number of hydrogen-bond donors (Lipinski definition) is 2. The predicted molar refractivity (Wildman–Crippen MR) is 103 cm³/mol. The van der Waals surface area contributed by atoms with Crippen LogP contribution >= 0.6 is 0 Å². The highest BCUT2D eigenvalue weighted by atomic mass is 32.2. The summed E-state index contributed by atoms with van der Waals surface area (Å²) >= 11 is 0. The first-order valence-electron chi connectivity index (χ1n) is 8.11. The number of carbonyl (C=O) groups excluding carboxylic acids is 1. The molecule has 0 aliphatic carbocycles. The fourth-order valence-electron chi connectivity index (χ4n) is 2.33. The van der Waals surface area contributed by atoms with Crippen molar-refractivity contribution in [2.24, 2.45) is 0 Å². The second-order valence-electron chi connectivity index (χ2n) is 5.54. The van der Waals surface area contributed by atoms with Gasteiger partial charge >= 0.3 is 0 Å². The van der Waals surface area contributed by atoms with Gasteiger partial charge in [-0.3, -0.25) is 4.79 Å². The van der Waals surface area contributed by atoms with E-state index in [1.807, 2.05) is 6.07 Å². The number of amides is 1. The Labute approximate surface area is 159 Å². The molecule has 0 aromatic heterocycles. The summed E-state index contributed by atoms with van der Waals surface area (Å²) in [5, 5.41) is 2.76. The van der Waals surface area contributed by atoms with Crippen LogP contribution < -0.4 is 19.5 Å². The normalized spacial score (nSPS) is 10.9. The molecule has 0 spiro atoms. The molecule has 7 nitrogen and oxygen atoms in total. The van der Waals surface area contributed by atoms with Gasteiger partial charge in [0.25, 0.3) is 5.91 Å². The van der Waals surface area contributed by atoms with Crippen molar-refractivity contribution in [1.82, 2.24) is 10.0 Å². The Balaban J connectivity index is 2.10. The van der Waals surface area contributed by atoms with Gasteiger partial charge in [0, 0.05) is 18.7 Å². The number of benzene rings is 2. The van der Waals surface area contributed by atoms with Crippen molar-refractivity contribution in [3.05, 3.63) is 66.2 Å². The average molecular weight is 390 g/mol. The molecule has 0 saturated heterocycles. The van der Waals surface area contributed by atoms with Gasteiger partial charge in [-0.05, 0) is 35.9 Å². The molecular formula is C19H22N2O5S. The number of rotatable bonds is 9. The molecule has 0 radical (unpaired) electrons. The number of hydrogen-bond acceptors (Lipinski definition) is 5. The van der Waals surface area contributed by atoms with Gasteiger partial charge in [0.15, 0.2) is 11.5 Å². The lowest BCUT2D eigenvalue weighted by Crippen LogP contribution is -2.25. The van der Waals surface area contributed by atoms with E-state index in [0.29, 0.717) is 11.5 Å². The summed E-state index contributed by atoms with van der Waals surface area (Å²) in [6.07, 6.45) is 1.44. The predicted octanol–water partition coefficient (Wildman–Crippen LogP) is 2.10. The summed E-state index contributed by atoms with van der Waals surface area (Å²) in [5.74, 6) is 0.772. The molecule has 0 aliphatic heterocycles. The maximum Gasteiger partial charge on any atom is 0.251 e. The second-order valence-corrected chi connectivity index (χ2v) is 7.31. The number of sulfonamides is 1. The Morgan fingerprint density at radius 2 is 1.85 bits per heavy atom. The second kappa shape index (κ2) is 9.20.